The third kappa shape index (κ3) is 1.96. The molecule has 0 bridgehead atoms. The van der Waals surface area contributed by atoms with E-state index in [1.165, 1.54) is 0 Å². The molecule has 94 valence electrons. The molecule has 1 heterocycles. The molecular weight excluding hydrogens is 264 g/mol. The molecule has 3 rings (SSSR count). The minimum atomic E-state index is -1.04. The Balaban J connectivity index is 2.29. The summed E-state index contributed by atoms with van der Waals surface area (Å²) in [5, 5.41) is 14.6. The van der Waals surface area contributed by atoms with Crippen molar-refractivity contribution in [2.24, 2.45) is 0 Å². The fraction of sp³-hybridized carbons (Fsp3) is 0. The molecule has 2 aromatic carbocycles. The lowest BCUT2D eigenvalue weighted by Gasteiger charge is -2.02. The quantitative estimate of drug-likeness (QED) is 0.778. The Labute approximate surface area is 113 Å². The van der Waals surface area contributed by atoms with Crippen molar-refractivity contribution in [3.63, 3.8) is 0 Å². The van der Waals surface area contributed by atoms with Gasteiger partial charge in [-0.25, -0.2) is 9.48 Å². The molecule has 5 heteroatoms. The van der Waals surface area contributed by atoms with E-state index in [9.17, 15) is 9.90 Å². The standard InChI is InChI=1S/C14H9ClN2O2/c15-9-5-7-10(8-6-9)17-12-4-2-1-3-11(12)13(16-17)14(18)19/h1-8H,(H,18,19). The fourth-order valence-electron chi connectivity index (χ4n) is 2.00. The molecule has 0 aliphatic carbocycles. The number of rotatable bonds is 2. The van der Waals surface area contributed by atoms with E-state index in [1.54, 1.807) is 41.1 Å². The van der Waals surface area contributed by atoms with Gasteiger partial charge in [-0.1, -0.05) is 29.8 Å². The molecule has 0 aliphatic heterocycles. The van der Waals surface area contributed by atoms with E-state index in [2.05, 4.69) is 5.10 Å². The SMILES string of the molecule is O=C(O)c1nn(-c2ccc(Cl)cc2)c2ccccc12. The molecule has 1 N–H and O–H groups in total. The number of nitrogens with zero attached hydrogens (tertiary/aromatic N) is 2. The van der Waals surface area contributed by atoms with E-state index in [0.29, 0.717) is 10.4 Å². The van der Waals surface area contributed by atoms with Crippen molar-refractivity contribution < 1.29 is 9.90 Å². The largest absolute Gasteiger partial charge is 0.476 e. The van der Waals surface area contributed by atoms with Gasteiger partial charge in [-0.15, -0.1) is 0 Å². The maximum Gasteiger partial charge on any atom is 0.357 e. The van der Waals surface area contributed by atoms with Crippen LogP contribution in [0.2, 0.25) is 5.02 Å². The van der Waals surface area contributed by atoms with Crippen LogP contribution in [0.3, 0.4) is 0 Å². The molecule has 0 unspecified atom stereocenters. The molecule has 0 saturated carbocycles. The summed E-state index contributed by atoms with van der Waals surface area (Å²) < 4.78 is 1.61. The number of aromatic nitrogens is 2. The van der Waals surface area contributed by atoms with Crippen LogP contribution in [0.4, 0.5) is 0 Å². The molecule has 0 radical (unpaired) electrons. The molecule has 1 aromatic heterocycles. The van der Waals surface area contributed by atoms with Gasteiger partial charge in [-0.05, 0) is 30.3 Å². The summed E-state index contributed by atoms with van der Waals surface area (Å²) in [5.74, 6) is -1.04. The normalized spacial score (nSPS) is 10.8. The van der Waals surface area contributed by atoms with Crippen LogP contribution >= 0.6 is 11.6 Å². The summed E-state index contributed by atoms with van der Waals surface area (Å²) in [6.45, 7) is 0. The zero-order valence-electron chi connectivity index (χ0n) is 9.75. The van der Waals surface area contributed by atoms with Gasteiger partial charge in [0.2, 0.25) is 0 Å². The van der Waals surface area contributed by atoms with Gasteiger partial charge in [0.1, 0.15) is 0 Å². The van der Waals surface area contributed by atoms with Crippen molar-refractivity contribution in [3.8, 4) is 5.69 Å². The number of hydrogen-bond acceptors (Lipinski definition) is 2. The summed E-state index contributed by atoms with van der Waals surface area (Å²) in [5.41, 5.74) is 1.57. The third-order valence-corrected chi connectivity index (χ3v) is 3.11. The van der Waals surface area contributed by atoms with Gasteiger partial charge in [0.05, 0.1) is 11.2 Å². The molecular formula is C14H9ClN2O2. The maximum atomic E-state index is 11.2. The molecule has 0 amide bonds. The Hall–Kier alpha value is -2.33. The number of halogens is 1. The van der Waals surface area contributed by atoms with Crippen LogP contribution in [0.15, 0.2) is 48.5 Å². The Kier molecular flexibility index (Phi) is 2.72. The van der Waals surface area contributed by atoms with Gasteiger partial charge >= 0.3 is 5.97 Å². The minimum Gasteiger partial charge on any atom is -0.476 e. The van der Waals surface area contributed by atoms with Gasteiger partial charge in [-0.3, -0.25) is 0 Å². The van der Waals surface area contributed by atoms with Crippen molar-refractivity contribution in [2.75, 3.05) is 0 Å². The zero-order chi connectivity index (χ0) is 13.4. The highest BCUT2D eigenvalue weighted by atomic mass is 35.5. The number of fused-ring (bicyclic) bond motifs is 1. The molecule has 0 saturated heterocycles. The van der Waals surface area contributed by atoms with Crippen molar-refractivity contribution in [1.82, 2.24) is 9.78 Å². The second-order valence-electron chi connectivity index (χ2n) is 4.06. The molecule has 3 aromatic rings. The Bertz CT molecular complexity index is 763. The summed E-state index contributed by atoms with van der Waals surface area (Å²) in [7, 11) is 0. The first kappa shape index (κ1) is 11.7. The first-order valence-electron chi connectivity index (χ1n) is 5.64. The zero-order valence-corrected chi connectivity index (χ0v) is 10.5. The van der Waals surface area contributed by atoms with E-state index >= 15 is 0 Å². The summed E-state index contributed by atoms with van der Waals surface area (Å²) in [4.78, 5) is 11.2. The minimum absolute atomic E-state index is 0.0468. The van der Waals surface area contributed by atoms with Crippen LogP contribution in [-0.2, 0) is 0 Å². The number of carbonyl (C=O) groups is 1. The monoisotopic (exact) mass is 272 g/mol. The van der Waals surface area contributed by atoms with Crippen molar-refractivity contribution in [2.45, 2.75) is 0 Å². The van der Waals surface area contributed by atoms with Gasteiger partial charge in [0, 0.05) is 10.4 Å². The predicted octanol–water partition coefficient (Wildman–Crippen LogP) is 3.38. The van der Waals surface area contributed by atoms with Crippen LogP contribution < -0.4 is 0 Å². The number of para-hydroxylation sites is 1. The number of aromatic carboxylic acids is 1. The van der Waals surface area contributed by atoms with Crippen LogP contribution in [0.1, 0.15) is 10.5 Å². The summed E-state index contributed by atoms with van der Waals surface area (Å²) >= 11 is 5.85. The lowest BCUT2D eigenvalue weighted by Crippen LogP contribution is -2.01. The maximum absolute atomic E-state index is 11.2. The average molecular weight is 273 g/mol. The molecule has 0 aliphatic rings. The predicted molar refractivity (Wildman–Crippen MR) is 73.0 cm³/mol. The van der Waals surface area contributed by atoms with E-state index in [0.717, 1.165) is 11.2 Å². The van der Waals surface area contributed by atoms with Crippen molar-refractivity contribution in [3.05, 3.63) is 59.2 Å². The van der Waals surface area contributed by atoms with E-state index in [4.69, 9.17) is 11.6 Å². The third-order valence-electron chi connectivity index (χ3n) is 2.86. The van der Waals surface area contributed by atoms with Gasteiger partial charge in [0.15, 0.2) is 5.69 Å². The molecule has 4 nitrogen and oxygen atoms in total. The Morgan fingerprint density at radius 1 is 1.11 bits per heavy atom. The van der Waals surface area contributed by atoms with Gasteiger partial charge in [-0.2, -0.15) is 5.10 Å². The topological polar surface area (TPSA) is 55.1 Å². The van der Waals surface area contributed by atoms with Gasteiger partial charge < -0.3 is 5.11 Å². The second kappa shape index (κ2) is 4.40. The fourth-order valence-corrected chi connectivity index (χ4v) is 2.13. The molecule has 0 fully saturated rings. The molecule has 0 atom stereocenters. The summed E-state index contributed by atoms with van der Waals surface area (Å²) in [6.07, 6.45) is 0. The number of hydrogen-bond donors (Lipinski definition) is 1. The van der Waals surface area contributed by atoms with Crippen molar-refractivity contribution >= 4 is 28.5 Å². The molecule has 0 spiro atoms. The summed E-state index contributed by atoms with van der Waals surface area (Å²) in [6, 6.07) is 14.3. The highest BCUT2D eigenvalue weighted by Crippen LogP contribution is 2.22. The van der Waals surface area contributed by atoms with Crippen LogP contribution in [0.25, 0.3) is 16.6 Å². The van der Waals surface area contributed by atoms with E-state index < -0.39 is 5.97 Å². The number of benzene rings is 2. The Morgan fingerprint density at radius 3 is 2.47 bits per heavy atom. The van der Waals surface area contributed by atoms with Crippen LogP contribution in [0.5, 0.6) is 0 Å². The lowest BCUT2D eigenvalue weighted by atomic mass is 10.2. The first-order valence-corrected chi connectivity index (χ1v) is 6.01. The highest BCUT2D eigenvalue weighted by molar-refractivity contribution is 6.30. The van der Waals surface area contributed by atoms with E-state index in [1.807, 2.05) is 12.1 Å². The lowest BCUT2D eigenvalue weighted by molar-refractivity contribution is 0.0692. The first-order chi connectivity index (χ1) is 9.16. The average Bonchev–Trinajstić information content (AvgIpc) is 2.79. The smallest absolute Gasteiger partial charge is 0.357 e. The highest BCUT2D eigenvalue weighted by Gasteiger charge is 2.16. The van der Waals surface area contributed by atoms with Crippen molar-refractivity contribution in [1.29, 1.82) is 0 Å². The second-order valence-corrected chi connectivity index (χ2v) is 4.50. The molecule has 19 heavy (non-hydrogen) atoms. The van der Waals surface area contributed by atoms with Crippen LogP contribution in [0, 0.1) is 0 Å². The van der Waals surface area contributed by atoms with Crippen LogP contribution in [-0.4, -0.2) is 20.9 Å². The number of carboxylic acids is 1. The Morgan fingerprint density at radius 2 is 1.79 bits per heavy atom. The number of carboxylic acid groups (broad SMARTS) is 1. The van der Waals surface area contributed by atoms with E-state index in [-0.39, 0.29) is 5.69 Å². The van der Waals surface area contributed by atoms with Gasteiger partial charge in [0.25, 0.3) is 0 Å².